The Balaban J connectivity index is 4.24. The van der Waals surface area contributed by atoms with Crippen LogP contribution in [0.15, 0.2) is 0 Å². The lowest BCUT2D eigenvalue weighted by atomic mass is 10.0. The van der Waals surface area contributed by atoms with Gasteiger partial charge in [-0.3, -0.25) is 14.4 Å². The Kier molecular flexibility index (Phi) is 47.6. The molecule has 1 atom stereocenters. The zero-order valence-electron chi connectivity index (χ0n) is 42.5. The van der Waals surface area contributed by atoms with Crippen molar-refractivity contribution < 1.29 is 28.6 Å². The maximum Gasteiger partial charge on any atom is 0.306 e. The summed E-state index contributed by atoms with van der Waals surface area (Å²) in [6, 6.07) is 0. The van der Waals surface area contributed by atoms with Crippen molar-refractivity contribution in [3.05, 3.63) is 0 Å². The smallest absolute Gasteiger partial charge is 0.306 e. The molecule has 0 saturated carbocycles. The van der Waals surface area contributed by atoms with E-state index in [1.165, 1.54) is 199 Å². The molecule has 0 radical (unpaired) electrons. The van der Waals surface area contributed by atoms with Gasteiger partial charge in [0.1, 0.15) is 13.2 Å². The number of esters is 3. The number of hydrogen-bond acceptors (Lipinski definition) is 6. The van der Waals surface area contributed by atoms with E-state index < -0.39 is 6.10 Å². The number of unbranched alkanes of at least 4 members (excludes halogenated alkanes) is 35. The molecule has 0 aromatic heterocycles. The lowest BCUT2D eigenvalue weighted by molar-refractivity contribution is -0.167. The molecule has 0 aromatic rings. The van der Waals surface area contributed by atoms with Crippen LogP contribution < -0.4 is 0 Å². The van der Waals surface area contributed by atoms with E-state index in [0.717, 1.165) is 69.6 Å². The average molecular weight is 877 g/mol. The highest BCUT2D eigenvalue weighted by Crippen LogP contribution is 2.18. The molecular formula is C56H108O6. The van der Waals surface area contributed by atoms with Gasteiger partial charge < -0.3 is 14.2 Å². The molecule has 0 heterocycles. The molecule has 0 spiro atoms. The predicted octanol–water partition coefficient (Wildman–Crippen LogP) is 18.1. The Morgan fingerprint density at radius 1 is 0.306 bits per heavy atom. The molecule has 0 amide bonds. The molecule has 0 unspecified atom stereocenters. The van der Waals surface area contributed by atoms with Crippen LogP contribution >= 0.6 is 0 Å². The van der Waals surface area contributed by atoms with E-state index in [1.54, 1.807) is 0 Å². The summed E-state index contributed by atoms with van der Waals surface area (Å²) in [5.41, 5.74) is 0. The third-order valence-electron chi connectivity index (χ3n) is 12.7. The molecule has 0 aliphatic carbocycles. The molecule has 0 bridgehead atoms. The summed E-state index contributed by atoms with van der Waals surface area (Å²) < 4.78 is 16.8. The van der Waals surface area contributed by atoms with Crippen LogP contribution in [0, 0.1) is 11.8 Å². The van der Waals surface area contributed by atoms with E-state index in [1.807, 2.05) is 0 Å². The lowest BCUT2D eigenvalue weighted by Gasteiger charge is -2.18. The lowest BCUT2D eigenvalue weighted by Crippen LogP contribution is -2.30. The normalized spacial score (nSPS) is 12.0. The highest BCUT2D eigenvalue weighted by Gasteiger charge is 2.19. The summed E-state index contributed by atoms with van der Waals surface area (Å²) in [7, 11) is 0. The second-order valence-corrected chi connectivity index (χ2v) is 20.2. The molecule has 0 rings (SSSR count). The summed E-state index contributed by atoms with van der Waals surface area (Å²) in [6.07, 6.45) is 50.9. The van der Waals surface area contributed by atoms with Gasteiger partial charge in [0.25, 0.3) is 0 Å². The van der Waals surface area contributed by atoms with Crippen molar-refractivity contribution in [3.63, 3.8) is 0 Å². The third kappa shape index (κ3) is 49.4. The minimum absolute atomic E-state index is 0.0630. The molecule has 0 aromatic carbocycles. The zero-order valence-corrected chi connectivity index (χ0v) is 42.5. The Morgan fingerprint density at radius 3 is 0.790 bits per heavy atom. The third-order valence-corrected chi connectivity index (χ3v) is 12.7. The van der Waals surface area contributed by atoms with Crippen LogP contribution in [0.3, 0.4) is 0 Å². The average Bonchev–Trinajstić information content (AvgIpc) is 3.24. The maximum atomic E-state index is 12.8. The zero-order chi connectivity index (χ0) is 45.4. The molecule has 0 aliphatic heterocycles. The van der Waals surface area contributed by atoms with Crippen molar-refractivity contribution in [2.24, 2.45) is 11.8 Å². The summed E-state index contributed by atoms with van der Waals surface area (Å²) in [5, 5.41) is 0. The van der Waals surface area contributed by atoms with Crippen LogP contribution in [-0.4, -0.2) is 37.2 Å². The highest BCUT2D eigenvalue weighted by atomic mass is 16.6. The Hall–Kier alpha value is -1.59. The van der Waals surface area contributed by atoms with Crippen LogP contribution in [0.25, 0.3) is 0 Å². The first-order valence-corrected chi connectivity index (χ1v) is 27.7. The fraction of sp³-hybridized carbons (Fsp3) is 0.946. The first-order valence-electron chi connectivity index (χ1n) is 27.7. The SMILES string of the molecule is CCCCCCCCCCCCCC(=O)O[C@H](COC(=O)CCCCCCCCCCCCCCCCCCC(C)C)COC(=O)CCCCCCCCCCCCCC(C)C. The van der Waals surface area contributed by atoms with Gasteiger partial charge in [0, 0.05) is 19.3 Å². The fourth-order valence-electron chi connectivity index (χ4n) is 8.52. The number of carbonyl (C=O) groups excluding carboxylic acids is 3. The topological polar surface area (TPSA) is 78.9 Å². The van der Waals surface area contributed by atoms with Crippen LogP contribution in [0.1, 0.15) is 311 Å². The molecule has 0 saturated heterocycles. The van der Waals surface area contributed by atoms with Crippen LogP contribution in [0.2, 0.25) is 0 Å². The van der Waals surface area contributed by atoms with Gasteiger partial charge in [0.2, 0.25) is 0 Å². The van der Waals surface area contributed by atoms with Gasteiger partial charge >= 0.3 is 17.9 Å². The van der Waals surface area contributed by atoms with Crippen molar-refractivity contribution in [2.75, 3.05) is 13.2 Å². The molecule has 368 valence electrons. The molecule has 6 heteroatoms. The monoisotopic (exact) mass is 877 g/mol. The van der Waals surface area contributed by atoms with Gasteiger partial charge in [-0.2, -0.15) is 0 Å². The largest absolute Gasteiger partial charge is 0.462 e. The summed E-state index contributed by atoms with van der Waals surface area (Å²) in [6.45, 7) is 11.4. The second-order valence-electron chi connectivity index (χ2n) is 20.2. The van der Waals surface area contributed by atoms with Crippen LogP contribution in [-0.2, 0) is 28.6 Å². The van der Waals surface area contributed by atoms with Crippen molar-refractivity contribution in [1.82, 2.24) is 0 Å². The molecule has 6 nitrogen and oxygen atoms in total. The van der Waals surface area contributed by atoms with Crippen molar-refractivity contribution >= 4 is 17.9 Å². The molecule has 0 N–H and O–H groups in total. The summed E-state index contributed by atoms with van der Waals surface area (Å²) in [5.74, 6) is 0.836. The van der Waals surface area contributed by atoms with Crippen molar-refractivity contribution in [3.8, 4) is 0 Å². The first-order chi connectivity index (χ1) is 30.2. The van der Waals surface area contributed by atoms with Gasteiger partial charge in [-0.25, -0.2) is 0 Å². The van der Waals surface area contributed by atoms with E-state index in [2.05, 4.69) is 34.6 Å². The molecule has 0 aliphatic rings. The minimum atomic E-state index is -0.761. The number of hydrogen-bond donors (Lipinski definition) is 0. The number of rotatable bonds is 50. The van der Waals surface area contributed by atoms with Crippen LogP contribution in [0.5, 0.6) is 0 Å². The summed E-state index contributed by atoms with van der Waals surface area (Å²) >= 11 is 0. The van der Waals surface area contributed by atoms with E-state index in [-0.39, 0.29) is 31.1 Å². The predicted molar refractivity (Wildman–Crippen MR) is 266 cm³/mol. The second kappa shape index (κ2) is 48.9. The van der Waals surface area contributed by atoms with Gasteiger partial charge in [-0.15, -0.1) is 0 Å². The van der Waals surface area contributed by atoms with Gasteiger partial charge in [0.15, 0.2) is 6.10 Å². The van der Waals surface area contributed by atoms with Gasteiger partial charge in [-0.05, 0) is 31.1 Å². The maximum absolute atomic E-state index is 12.8. The quantitative estimate of drug-likeness (QED) is 0.0344. The van der Waals surface area contributed by atoms with Crippen molar-refractivity contribution in [1.29, 1.82) is 0 Å². The van der Waals surface area contributed by atoms with E-state index in [4.69, 9.17) is 14.2 Å². The Labute approximate surface area is 387 Å². The van der Waals surface area contributed by atoms with E-state index in [9.17, 15) is 14.4 Å². The molecule has 62 heavy (non-hydrogen) atoms. The molecule has 0 fully saturated rings. The van der Waals surface area contributed by atoms with Gasteiger partial charge in [-0.1, -0.05) is 272 Å². The fourth-order valence-corrected chi connectivity index (χ4v) is 8.52. The standard InChI is InChI=1S/C56H108O6/c1-6-7-8-9-10-11-19-28-33-38-43-48-56(59)62-53(50-61-55(58)47-42-37-32-27-23-18-21-25-30-35-40-45-52(4)5)49-60-54(57)46-41-36-31-26-22-17-15-13-12-14-16-20-24-29-34-39-44-51(2)3/h51-53H,6-50H2,1-5H3/t53-/m1/s1. The van der Waals surface area contributed by atoms with Crippen LogP contribution in [0.4, 0.5) is 0 Å². The first kappa shape index (κ1) is 60.4. The molecular weight excluding hydrogens is 769 g/mol. The Morgan fingerprint density at radius 2 is 0.532 bits per heavy atom. The van der Waals surface area contributed by atoms with E-state index in [0.29, 0.717) is 19.3 Å². The number of carbonyl (C=O) groups is 3. The minimum Gasteiger partial charge on any atom is -0.462 e. The Bertz CT molecular complexity index is 947. The van der Waals surface area contributed by atoms with Crippen molar-refractivity contribution in [2.45, 2.75) is 317 Å². The summed E-state index contributed by atoms with van der Waals surface area (Å²) in [4.78, 5) is 38.0. The highest BCUT2D eigenvalue weighted by molar-refractivity contribution is 5.71. The number of ether oxygens (including phenoxy) is 3. The van der Waals surface area contributed by atoms with Gasteiger partial charge in [0.05, 0.1) is 0 Å². The van der Waals surface area contributed by atoms with E-state index >= 15 is 0 Å².